The number of imidazole rings is 1. The maximum absolute atomic E-state index is 12.6. The summed E-state index contributed by atoms with van der Waals surface area (Å²) in [4.78, 5) is 28.6. The highest BCUT2D eigenvalue weighted by Crippen LogP contribution is 2.19. The summed E-state index contributed by atoms with van der Waals surface area (Å²) < 4.78 is 1.90. The van der Waals surface area contributed by atoms with E-state index in [1.54, 1.807) is 7.05 Å². The average molecular weight is 350 g/mol. The van der Waals surface area contributed by atoms with Crippen molar-refractivity contribution in [3.8, 4) is 0 Å². The van der Waals surface area contributed by atoms with Crippen LogP contribution in [0.2, 0.25) is 0 Å². The molecule has 1 heterocycles. The number of amides is 2. The zero-order valence-electron chi connectivity index (χ0n) is 15.0. The van der Waals surface area contributed by atoms with E-state index in [0.717, 1.165) is 28.1 Å². The maximum atomic E-state index is 12.6. The van der Waals surface area contributed by atoms with Gasteiger partial charge in [0.15, 0.2) is 0 Å². The van der Waals surface area contributed by atoms with Crippen molar-refractivity contribution in [1.82, 2.24) is 14.9 Å². The summed E-state index contributed by atoms with van der Waals surface area (Å²) in [5.74, 6) is 0.657. The zero-order chi connectivity index (χ0) is 18.5. The van der Waals surface area contributed by atoms with Crippen molar-refractivity contribution in [2.24, 2.45) is 0 Å². The van der Waals surface area contributed by atoms with Gasteiger partial charge in [-0.05, 0) is 37.1 Å². The van der Waals surface area contributed by atoms with Gasteiger partial charge in [-0.2, -0.15) is 0 Å². The minimum absolute atomic E-state index is 0.0216. The molecule has 1 aromatic heterocycles. The summed E-state index contributed by atoms with van der Waals surface area (Å²) in [5.41, 5.74) is 3.50. The van der Waals surface area contributed by atoms with Gasteiger partial charge in [-0.1, -0.05) is 30.3 Å². The van der Waals surface area contributed by atoms with E-state index in [0.29, 0.717) is 12.8 Å². The Kier molecular flexibility index (Phi) is 5.31. The Morgan fingerprint density at radius 3 is 2.58 bits per heavy atom. The van der Waals surface area contributed by atoms with Crippen LogP contribution in [-0.2, 0) is 22.6 Å². The molecule has 0 radical (unpaired) electrons. The first-order chi connectivity index (χ1) is 12.6. The molecule has 134 valence electrons. The monoisotopic (exact) mass is 350 g/mol. The standard InChI is InChI=1S/C20H22N4O2/c1-14-22-17-9-5-6-10-18(17)24(14)13-20(26)23-16-8-4-3-7-15(16)11-12-19(25)21-2/h3-10H,11-13H2,1-2H3,(H,21,25)(H,23,26). The minimum atomic E-state index is -0.122. The Hall–Kier alpha value is -3.15. The van der Waals surface area contributed by atoms with E-state index in [-0.39, 0.29) is 18.4 Å². The van der Waals surface area contributed by atoms with Gasteiger partial charge in [0.1, 0.15) is 12.4 Å². The average Bonchev–Trinajstić information content (AvgIpc) is 2.96. The molecule has 0 unspecified atom stereocenters. The Labute approximate surface area is 152 Å². The smallest absolute Gasteiger partial charge is 0.244 e. The van der Waals surface area contributed by atoms with Crippen molar-refractivity contribution in [2.45, 2.75) is 26.3 Å². The molecule has 3 rings (SSSR count). The Bertz CT molecular complexity index is 946. The number of hydrogen-bond donors (Lipinski definition) is 2. The number of hydrogen-bond acceptors (Lipinski definition) is 3. The number of anilines is 1. The number of aryl methyl sites for hydroxylation is 2. The second-order valence-corrected chi connectivity index (χ2v) is 6.11. The highest BCUT2D eigenvalue weighted by molar-refractivity contribution is 5.92. The number of nitrogens with one attached hydrogen (secondary N) is 2. The molecule has 0 aliphatic carbocycles. The summed E-state index contributed by atoms with van der Waals surface area (Å²) in [6.07, 6.45) is 0.956. The van der Waals surface area contributed by atoms with Crippen LogP contribution in [0.5, 0.6) is 0 Å². The van der Waals surface area contributed by atoms with Crippen LogP contribution in [0.25, 0.3) is 11.0 Å². The number of carbonyl (C=O) groups is 2. The Morgan fingerprint density at radius 2 is 1.77 bits per heavy atom. The summed E-state index contributed by atoms with van der Waals surface area (Å²) in [7, 11) is 1.62. The van der Waals surface area contributed by atoms with Gasteiger partial charge in [0.05, 0.1) is 11.0 Å². The molecule has 0 saturated heterocycles. The summed E-state index contributed by atoms with van der Waals surface area (Å²) in [6, 6.07) is 15.3. The minimum Gasteiger partial charge on any atom is -0.359 e. The molecule has 26 heavy (non-hydrogen) atoms. The predicted octanol–water partition coefficient (Wildman–Crippen LogP) is 2.66. The summed E-state index contributed by atoms with van der Waals surface area (Å²) in [5, 5.41) is 5.58. The van der Waals surface area contributed by atoms with Crippen molar-refractivity contribution in [1.29, 1.82) is 0 Å². The summed E-state index contributed by atoms with van der Waals surface area (Å²) >= 11 is 0. The molecule has 2 N–H and O–H groups in total. The van der Waals surface area contributed by atoms with Gasteiger partial charge in [-0.15, -0.1) is 0 Å². The van der Waals surface area contributed by atoms with Crippen LogP contribution in [0.3, 0.4) is 0 Å². The van der Waals surface area contributed by atoms with Gasteiger partial charge in [-0.25, -0.2) is 4.98 Å². The van der Waals surface area contributed by atoms with Crippen LogP contribution in [0.15, 0.2) is 48.5 Å². The number of nitrogens with zero attached hydrogens (tertiary/aromatic N) is 2. The molecular formula is C20H22N4O2. The quantitative estimate of drug-likeness (QED) is 0.718. The van der Waals surface area contributed by atoms with Crippen molar-refractivity contribution < 1.29 is 9.59 Å². The molecule has 6 heteroatoms. The molecule has 3 aromatic rings. The molecule has 2 amide bonds. The normalized spacial score (nSPS) is 10.7. The molecule has 0 atom stereocenters. The number of carbonyl (C=O) groups excluding carboxylic acids is 2. The van der Waals surface area contributed by atoms with Gasteiger partial charge in [-0.3, -0.25) is 9.59 Å². The highest BCUT2D eigenvalue weighted by atomic mass is 16.2. The van der Waals surface area contributed by atoms with E-state index >= 15 is 0 Å². The summed E-state index contributed by atoms with van der Waals surface area (Å²) in [6.45, 7) is 2.08. The lowest BCUT2D eigenvalue weighted by Gasteiger charge is -2.12. The van der Waals surface area contributed by atoms with E-state index < -0.39 is 0 Å². The SMILES string of the molecule is CNC(=O)CCc1ccccc1NC(=O)Cn1c(C)nc2ccccc21. The van der Waals surface area contributed by atoms with Crippen LogP contribution in [-0.4, -0.2) is 28.4 Å². The number of aromatic nitrogens is 2. The van der Waals surface area contributed by atoms with Gasteiger partial charge >= 0.3 is 0 Å². The third kappa shape index (κ3) is 3.91. The topological polar surface area (TPSA) is 76.0 Å². The lowest BCUT2D eigenvalue weighted by molar-refractivity contribution is -0.120. The number of para-hydroxylation sites is 3. The van der Waals surface area contributed by atoms with E-state index in [2.05, 4.69) is 15.6 Å². The predicted molar refractivity (Wildman–Crippen MR) is 102 cm³/mol. The first-order valence-electron chi connectivity index (χ1n) is 8.58. The third-order valence-corrected chi connectivity index (χ3v) is 4.34. The molecular weight excluding hydrogens is 328 g/mol. The van der Waals surface area contributed by atoms with Crippen molar-refractivity contribution >= 4 is 28.5 Å². The number of rotatable bonds is 6. The van der Waals surface area contributed by atoms with Crippen molar-refractivity contribution in [2.75, 3.05) is 12.4 Å². The van der Waals surface area contributed by atoms with Gasteiger partial charge in [0.2, 0.25) is 11.8 Å². The largest absolute Gasteiger partial charge is 0.359 e. The zero-order valence-corrected chi connectivity index (χ0v) is 15.0. The van der Waals surface area contributed by atoms with E-state index in [1.807, 2.05) is 60.0 Å². The molecule has 6 nitrogen and oxygen atoms in total. The fraction of sp³-hybridized carbons (Fsp3) is 0.250. The molecule has 0 saturated carbocycles. The Morgan fingerprint density at radius 1 is 1.04 bits per heavy atom. The Balaban J connectivity index is 1.74. The van der Waals surface area contributed by atoms with Gasteiger partial charge in [0, 0.05) is 19.2 Å². The van der Waals surface area contributed by atoms with Crippen LogP contribution in [0.1, 0.15) is 17.8 Å². The van der Waals surface area contributed by atoms with Crippen LogP contribution < -0.4 is 10.6 Å². The third-order valence-electron chi connectivity index (χ3n) is 4.34. The molecule has 0 bridgehead atoms. The van der Waals surface area contributed by atoms with Crippen LogP contribution in [0, 0.1) is 6.92 Å². The second kappa shape index (κ2) is 7.82. The lowest BCUT2D eigenvalue weighted by Crippen LogP contribution is -2.21. The van der Waals surface area contributed by atoms with Crippen molar-refractivity contribution in [3.05, 3.63) is 59.9 Å². The van der Waals surface area contributed by atoms with Crippen molar-refractivity contribution in [3.63, 3.8) is 0 Å². The van der Waals surface area contributed by atoms with Gasteiger partial charge < -0.3 is 15.2 Å². The number of benzene rings is 2. The van der Waals surface area contributed by atoms with Gasteiger partial charge in [0.25, 0.3) is 0 Å². The first-order valence-corrected chi connectivity index (χ1v) is 8.58. The molecule has 0 aliphatic rings. The van der Waals surface area contributed by atoms with Crippen LogP contribution in [0.4, 0.5) is 5.69 Å². The maximum Gasteiger partial charge on any atom is 0.244 e. The van der Waals surface area contributed by atoms with E-state index in [1.165, 1.54) is 0 Å². The fourth-order valence-electron chi connectivity index (χ4n) is 2.96. The van der Waals surface area contributed by atoms with E-state index in [9.17, 15) is 9.59 Å². The van der Waals surface area contributed by atoms with Crippen LogP contribution >= 0.6 is 0 Å². The number of fused-ring (bicyclic) bond motifs is 1. The molecule has 0 fully saturated rings. The first kappa shape index (κ1) is 17.7. The van der Waals surface area contributed by atoms with E-state index in [4.69, 9.17) is 0 Å². The molecule has 0 aliphatic heterocycles. The molecule has 2 aromatic carbocycles. The molecule has 0 spiro atoms. The lowest BCUT2D eigenvalue weighted by atomic mass is 10.1. The fourth-order valence-corrected chi connectivity index (χ4v) is 2.96. The highest BCUT2D eigenvalue weighted by Gasteiger charge is 2.12. The second-order valence-electron chi connectivity index (χ2n) is 6.11.